The van der Waals surface area contributed by atoms with Crippen molar-refractivity contribution in [2.75, 3.05) is 13.6 Å². The van der Waals surface area contributed by atoms with E-state index in [2.05, 4.69) is 5.32 Å². The number of rotatable bonds is 5. The lowest BCUT2D eigenvalue weighted by molar-refractivity contribution is -0.156. The number of carbonyl (C=O) groups is 3. The maximum Gasteiger partial charge on any atom is 0.250 e. The smallest absolute Gasteiger partial charge is 0.250 e. The van der Waals surface area contributed by atoms with Gasteiger partial charge < -0.3 is 21.1 Å². The Bertz CT molecular complexity index is 718. The van der Waals surface area contributed by atoms with E-state index in [1.165, 1.54) is 6.92 Å². The first kappa shape index (κ1) is 19.9. The minimum absolute atomic E-state index is 0.234. The van der Waals surface area contributed by atoms with Crippen molar-refractivity contribution >= 4 is 17.7 Å². The second-order valence-corrected chi connectivity index (χ2v) is 7.22. The molecular formula is C19H27N3O4. The van der Waals surface area contributed by atoms with Crippen molar-refractivity contribution in [3.05, 3.63) is 35.4 Å². The third kappa shape index (κ3) is 3.44. The van der Waals surface area contributed by atoms with E-state index >= 15 is 0 Å². The molecule has 0 saturated carbocycles. The van der Waals surface area contributed by atoms with E-state index in [0.29, 0.717) is 13.0 Å². The molecule has 0 spiro atoms. The summed E-state index contributed by atoms with van der Waals surface area (Å²) in [6.07, 6.45) is 0.692. The summed E-state index contributed by atoms with van der Waals surface area (Å²) in [6, 6.07) is 6.58. The van der Waals surface area contributed by atoms with Gasteiger partial charge in [0.1, 0.15) is 6.04 Å². The third-order valence-electron chi connectivity index (χ3n) is 5.32. The number of nitrogens with two attached hydrogens (primary N) is 1. The monoisotopic (exact) mass is 361 g/mol. The summed E-state index contributed by atoms with van der Waals surface area (Å²) in [7, 11) is 1.69. The van der Waals surface area contributed by atoms with Gasteiger partial charge in [-0.3, -0.25) is 14.4 Å². The summed E-state index contributed by atoms with van der Waals surface area (Å²) in [5.74, 6) is -3.44. The number of amides is 3. The van der Waals surface area contributed by atoms with Gasteiger partial charge in [-0.25, -0.2) is 0 Å². The SMILES string of the molecule is CC(C)[C@@](O)(C(N)=O)[C@H](C)C(=O)N[C@@H]1C(=O)N(C)CCc2ccccc21. The lowest BCUT2D eigenvalue weighted by Gasteiger charge is -2.34. The molecule has 0 unspecified atom stereocenters. The number of nitrogens with zero attached hydrogens (tertiary/aromatic N) is 1. The van der Waals surface area contributed by atoms with E-state index in [4.69, 9.17) is 5.73 Å². The molecule has 1 heterocycles. The van der Waals surface area contributed by atoms with Gasteiger partial charge in [-0.2, -0.15) is 0 Å². The van der Waals surface area contributed by atoms with E-state index in [0.717, 1.165) is 11.1 Å². The van der Waals surface area contributed by atoms with Crippen LogP contribution in [0.1, 0.15) is 37.9 Å². The van der Waals surface area contributed by atoms with Crippen molar-refractivity contribution in [2.24, 2.45) is 17.6 Å². The van der Waals surface area contributed by atoms with Crippen LogP contribution in [-0.2, 0) is 20.8 Å². The fraction of sp³-hybridized carbons (Fsp3) is 0.526. The Morgan fingerprint density at radius 1 is 1.31 bits per heavy atom. The first-order chi connectivity index (χ1) is 12.1. The number of aliphatic hydroxyl groups is 1. The molecule has 1 aliphatic rings. The van der Waals surface area contributed by atoms with Gasteiger partial charge >= 0.3 is 0 Å². The molecule has 1 aromatic rings. The highest BCUT2D eigenvalue weighted by atomic mass is 16.3. The predicted molar refractivity (Wildman–Crippen MR) is 96.8 cm³/mol. The van der Waals surface area contributed by atoms with Gasteiger partial charge in [0.25, 0.3) is 0 Å². The Labute approximate surface area is 153 Å². The second kappa shape index (κ2) is 7.45. The maximum absolute atomic E-state index is 12.8. The lowest BCUT2D eigenvalue weighted by atomic mass is 9.78. The van der Waals surface area contributed by atoms with Crippen molar-refractivity contribution < 1.29 is 19.5 Å². The van der Waals surface area contributed by atoms with Gasteiger partial charge in [-0.15, -0.1) is 0 Å². The van der Waals surface area contributed by atoms with Crippen LogP contribution in [0.3, 0.4) is 0 Å². The van der Waals surface area contributed by atoms with Crippen LogP contribution >= 0.6 is 0 Å². The van der Waals surface area contributed by atoms with Crippen LogP contribution in [0.2, 0.25) is 0 Å². The molecule has 26 heavy (non-hydrogen) atoms. The molecule has 0 saturated heterocycles. The molecule has 142 valence electrons. The Balaban J connectivity index is 2.34. The number of nitrogens with one attached hydrogen (secondary N) is 1. The quantitative estimate of drug-likeness (QED) is 0.703. The molecule has 7 nitrogen and oxygen atoms in total. The number of carbonyl (C=O) groups excluding carboxylic acids is 3. The molecule has 1 aliphatic heterocycles. The fourth-order valence-corrected chi connectivity index (χ4v) is 3.40. The minimum Gasteiger partial charge on any atom is -0.379 e. The normalized spacial score (nSPS) is 20.8. The van der Waals surface area contributed by atoms with Gasteiger partial charge in [-0.1, -0.05) is 45.0 Å². The zero-order chi connectivity index (χ0) is 19.6. The highest BCUT2D eigenvalue weighted by Crippen LogP contribution is 2.29. The minimum atomic E-state index is -2.00. The molecule has 0 aliphatic carbocycles. The zero-order valence-corrected chi connectivity index (χ0v) is 15.7. The average Bonchev–Trinajstić information content (AvgIpc) is 2.72. The molecule has 0 radical (unpaired) electrons. The van der Waals surface area contributed by atoms with Crippen molar-refractivity contribution in [3.63, 3.8) is 0 Å². The highest BCUT2D eigenvalue weighted by Gasteiger charge is 2.47. The van der Waals surface area contributed by atoms with E-state index in [-0.39, 0.29) is 5.91 Å². The topological polar surface area (TPSA) is 113 Å². The highest BCUT2D eigenvalue weighted by molar-refractivity contribution is 5.94. The first-order valence-corrected chi connectivity index (χ1v) is 8.76. The average molecular weight is 361 g/mol. The fourth-order valence-electron chi connectivity index (χ4n) is 3.40. The van der Waals surface area contributed by atoms with E-state index in [1.54, 1.807) is 25.8 Å². The van der Waals surface area contributed by atoms with Gasteiger partial charge in [-0.05, 0) is 23.5 Å². The number of hydrogen-bond donors (Lipinski definition) is 3. The van der Waals surface area contributed by atoms with Gasteiger partial charge in [0.15, 0.2) is 5.60 Å². The molecule has 7 heteroatoms. The first-order valence-electron chi connectivity index (χ1n) is 8.76. The Morgan fingerprint density at radius 2 is 1.92 bits per heavy atom. The summed E-state index contributed by atoms with van der Waals surface area (Å²) in [4.78, 5) is 38.9. The maximum atomic E-state index is 12.8. The van der Waals surface area contributed by atoms with Gasteiger partial charge in [0.05, 0.1) is 5.92 Å². The summed E-state index contributed by atoms with van der Waals surface area (Å²) >= 11 is 0. The summed E-state index contributed by atoms with van der Waals surface area (Å²) < 4.78 is 0. The molecule has 1 aromatic carbocycles. The Morgan fingerprint density at radius 3 is 2.50 bits per heavy atom. The Hall–Kier alpha value is -2.41. The molecule has 0 bridgehead atoms. The molecule has 3 amide bonds. The van der Waals surface area contributed by atoms with E-state index in [1.807, 2.05) is 24.3 Å². The number of benzene rings is 1. The molecule has 4 N–H and O–H groups in total. The largest absolute Gasteiger partial charge is 0.379 e. The van der Waals surface area contributed by atoms with Crippen LogP contribution in [0.15, 0.2) is 24.3 Å². The predicted octanol–water partition coefficient (Wildman–Crippen LogP) is 0.367. The number of primary amides is 1. The van der Waals surface area contributed by atoms with Crippen LogP contribution in [0, 0.1) is 11.8 Å². The van der Waals surface area contributed by atoms with E-state index < -0.39 is 35.3 Å². The van der Waals surface area contributed by atoms with Crippen molar-refractivity contribution in [2.45, 2.75) is 38.8 Å². The number of likely N-dealkylation sites (N-methyl/N-ethyl adjacent to an activating group) is 1. The van der Waals surface area contributed by atoms with Crippen LogP contribution < -0.4 is 11.1 Å². The van der Waals surface area contributed by atoms with Crippen molar-refractivity contribution in [1.29, 1.82) is 0 Å². The summed E-state index contributed by atoms with van der Waals surface area (Å²) in [5, 5.41) is 13.4. The molecular weight excluding hydrogens is 334 g/mol. The lowest BCUT2D eigenvalue weighted by Crippen LogP contribution is -2.58. The Kier molecular flexibility index (Phi) is 5.71. The number of hydrogen-bond acceptors (Lipinski definition) is 4. The molecule has 2 rings (SSSR count). The van der Waals surface area contributed by atoms with Gasteiger partial charge in [0.2, 0.25) is 17.7 Å². The van der Waals surface area contributed by atoms with Crippen LogP contribution in [-0.4, -0.2) is 46.9 Å². The number of fused-ring (bicyclic) bond motifs is 1. The summed E-state index contributed by atoms with van der Waals surface area (Å²) in [5.41, 5.74) is 5.07. The zero-order valence-electron chi connectivity index (χ0n) is 15.7. The van der Waals surface area contributed by atoms with Crippen molar-refractivity contribution in [3.8, 4) is 0 Å². The van der Waals surface area contributed by atoms with E-state index in [9.17, 15) is 19.5 Å². The molecule has 0 aromatic heterocycles. The second-order valence-electron chi connectivity index (χ2n) is 7.22. The van der Waals surface area contributed by atoms with Crippen LogP contribution in [0.4, 0.5) is 0 Å². The standard InChI is InChI=1S/C19H27N3O4/c1-11(2)19(26,18(20)25)12(3)16(23)21-15-14-8-6-5-7-13(14)9-10-22(4)17(15)24/h5-8,11-12,15,26H,9-10H2,1-4H3,(H2,20,25)(H,21,23)/t12-,15+,19+/m1/s1. The molecule has 0 fully saturated rings. The third-order valence-corrected chi connectivity index (χ3v) is 5.32. The van der Waals surface area contributed by atoms with Crippen molar-refractivity contribution in [1.82, 2.24) is 10.2 Å². The van der Waals surface area contributed by atoms with Crippen LogP contribution in [0.5, 0.6) is 0 Å². The van der Waals surface area contributed by atoms with Crippen LogP contribution in [0.25, 0.3) is 0 Å². The summed E-state index contributed by atoms with van der Waals surface area (Å²) in [6.45, 7) is 5.23. The molecule has 3 atom stereocenters. The van der Waals surface area contributed by atoms with Gasteiger partial charge in [0, 0.05) is 13.6 Å².